The zero-order valence-corrected chi connectivity index (χ0v) is 11.2. The van der Waals surface area contributed by atoms with E-state index in [0.29, 0.717) is 12.6 Å². The molecule has 1 aliphatic rings. The quantitative estimate of drug-likeness (QED) is 0.819. The molecule has 1 fully saturated rings. The van der Waals surface area contributed by atoms with Gasteiger partial charge in [0, 0.05) is 31.9 Å². The first kappa shape index (κ1) is 13.8. The van der Waals surface area contributed by atoms with Crippen molar-refractivity contribution in [2.24, 2.45) is 5.73 Å². The van der Waals surface area contributed by atoms with Gasteiger partial charge in [0.05, 0.1) is 6.61 Å². The van der Waals surface area contributed by atoms with Gasteiger partial charge in [0.15, 0.2) is 0 Å². The highest BCUT2D eigenvalue weighted by Crippen LogP contribution is 2.16. The van der Waals surface area contributed by atoms with E-state index >= 15 is 0 Å². The third-order valence-electron chi connectivity index (χ3n) is 3.31. The summed E-state index contributed by atoms with van der Waals surface area (Å²) in [7, 11) is 1.55. The number of para-hydroxylation sites is 1. The highest BCUT2D eigenvalue weighted by molar-refractivity contribution is 5.82. The Kier molecular flexibility index (Phi) is 4.76. The van der Waals surface area contributed by atoms with Crippen LogP contribution in [0.2, 0.25) is 0 Å². The van der Waals surface area contributed by atoms with E-state index in [4.69, 9.17) is 10.5 Å². The Hall–Kier alpha value is -1.59. The Balaban J connectivity index is 1.84. The number of nitrogens with zero attached hydrogens (tertiary/aromatic N) is 1. The second-order valence-electron chi connectivity index (χ2n) is 4.84. The lowest BCUT2D eigenvalue weighted by molar-refractivity contribution is -0.132. The van der Waals surface area contributed by atoms with Gasteiger partial charge < -0.3 is 20.7 Å². The number of carbonyl (C=O) groups excluding carboxylic acids is 1. The van der Waals surface area contributed by atoms with Crippen molar-refractivity contribution >= 4 is 11.6 Å². The van der Waals surface area contributed by atoms with Crippen molar-refractivity contribution in [2.45, 2.75) is 18.5 Å². The fraction of sp³-hybridized carbons (Fsp3) is 0.500. The average molecular weight is 263 g/mol. The molecule has 19 heavy (non-hydrogen) atoms. The van der Waals surface area contributed by atoms with Crippen molar-refractivity contribution < 1.29 is 9.53 Å². The Morgan fingerprint density at radius 2 is 2.26 bits per heavy atom. The van der Waals surface area contributed by atoms with E-state index in [9.17, 15) is 4.79 Å². The predicted molar refractivity (Wildman–Crippen MR) is 74.9 cm³/mol. The van der Waals surface area contributed by atoms with E-state index < -0.39 is 6.04 Å². The summed E-state index contributed by atoms with van der Waals surface area (Å²) in [4.78, 5) is 13.8. The molecule has 1 saturated heterocycles. The number of amides is 1. The zero-order valence-electron chi connectivity index (χ0n) is 11.2. The van der Waals surface area contributed by atoms with Crippen LogP contribution in [0.15, 0.2) is 30.3 Å². The summed E-state index contributed by atoms with van der Waals surface area (Å²) in [5, 5.41) is 3.43. The van der Waals surface area contributed by atoms with Crippen molar-refractivity contribution in [2.75, 3.05) is 32.1 Å². The topological polar surface area (TPSA) is 67.6 Å². The molecule has 5 heteroatoms. The van der Waals surface area contributed by atoms with Gasteiger partial charge in [0.25, 0.3) is 0 Å². The lowest BCUT2D eigenvalue weighted by Crippen LogP contribution is -2.45. The number of rotatable bonds is 5. The van der Waals surface area contributed by atoms with Crippen molar-refractivity contribution in [3.8, 4) is 0 Å². The molecule has 1 heterocycles. The van der Waals surface area contributed by atoms with Gasteiger partial charge >= 0.3 is 0 Å². The largest absolute Gasteiger partial charge is 0.383 e. The number of likely N-dealkylation sites (tertiary alicyclic amines) is 1. The Morgan fingerprint density at radius 3 is 2.95 bits per heavy atom. The Morgan fingerprint density at radius 1 is 1.53 bits per heavy atom. The van der Waals surface area contributed by atoms with Crippen LogP contribution in [-0.2, 0) is 9.53 Å². The molecule has 0 aliphatic carbocycles. The van der Waals surface area contributed by atoms with Gasteiger partial charge in [-0.3, -0.25) is 4.79 Å². The minimum absolute atomic E-state index is 0.0285. The highest BCUT2D eigenvalue weighted by Gasteiger charge is 2.29. The second-order valence-corrected chi connectivity index (χ2v) is 4.84. The molecule has 2 rings (SSSR count). The van der Waals surface area contributed by atoms with E-state index in [1.54, 1.807) is 7.11 Å². The lowest BCUT2D eigenvalue weighted by atomic mass is 10.2. The van der Waals surface area contributed by atoms with Crippen molar-refractivity contribution in [1.29, 1.82) is 0 Å². The van der Waals surface area contributed by atoms with Gasteiger partial charge in [0.1, 0.15) is 6.04 Å². The summed E-state index contributed by atoms with van der Waals surface area (Å²) in [5.41, 5.74) is 6.86. The molecule has 104 valence electrons. The fourth-order valence-electron chi connectivity index (χ4n) is 2.33. The highest BCUT2D eigenvalue weighted by atomic mass is 16.5. The second kappa shape index (κ2) is 6.54. The molecule has 2 atom stereocenters. The molecule has 0 saturated carbocycles. The third-order valence-corrected chi connectivity index (χ3v) is 3.31. The van der Waals surface area contributed by atoms with E-state index in [1.807, 2.05) is 35.2 Å². The number of methoxy groups -OCH3 is 1. The summed E-state index contributed by atoms with van der Waals surface area (Å²) in [6.07, 6.45) is 0.945. The standard InChI is InChI=1S/C14H21N3O2/c1-19-10-13(15)14(18)17-8-7-12(9-17)16-11-5-3-2-4-6-11/h2-6,12-13,16H,7-10,15H2,1H3. The number of anilines is 1. The minimum Gasteiger partial charge on any atom is -0.383 e. The van der Waals surface area contributed by atoms with Crippen molar-refractivity contribution in [3.63, 3.8) is 0 Å². The first-order valence-electron chi connectivity index (χ1n) is 6.55. The van der Waals surface area contributed by atoms with Crippen LogP contribution < -0.4 is 11.1 Å². The maximum atomic E-state index is 12.0. The minimum atomic E-state index is -0.555. The van der Waals surface area contributed by atoms with Crippen LogP contribution in [0.4, 0.5) is 5.69 Å². The maximum Gasteiger partial charge on any atom is 0.241 e. The van der Waals surface area contributed by atoms with E-state index in [0.717, 1.165) is 18.7 Å². The first-order chi connectivity index (χ1) is 9.20. The number of benzene rings is 1. The molecule has 0 spiro atoms. The molecule has 1 aliphatic heterocycles. The molecule has 0 aromatic heterocycles. The van der Waals surface area contributed by atoms with Gasteiger partial charge in [0.2, 0.25) is 5.91 Å². The molecule has 1 amide bonds. The number of nitrogens with two attached hydrogens (primary N) is 1. The predicted octanol–water partition coefficient (Wildman–Crippen LogP) is 0.673. The average Bonchev–Trinajstić information content (AvgIpc) is 2.88. The summed E-state index contributed by atoms with van der Waals surface area (Å²) in [6.45, 7) is 1.72. The van der Waals surface area contributed by atoms with Gasteiger partial charge in [-0.1, -0.05) is 18.2 Å². The van der Waals surface area contributed by atoms with Crippen LogP contribution in [0.1, 0.15) is 6.42 Å². The van der Waals surface area contributed by atoms with E-state index in [2.05, 4.69) is 5.32 Å². The summed E-state index contributed by atoms with van der Waals surface area (Å²) in [5.74, 6) is -0.0285. The Bertz CT molecular complexity index is 410. The smallest absolute Gasteiger partial charge is 0.241 e. The molecule has 3 N–H and O–H groups in total. The molecule has 0 bridgehead atoms. The first-order valence-corrected chi connectivity index (χ1v) is 6.55. The summed E-state index contributed by atoms with van der Waals surface area (Å²) >= 11 is 0. The monoisotopic (exact) mass is 263 g/mol. The number of nitrogens with one attached hydrogen (secondary N) is 1. The lowest BCUT2D eigenvalue weighted by Gasteiger charge is -2.21. The number of hydrogen-bond donors (Lipinski definition) is 2. The van der Waals surface area contributed by atoms with Crippen molar-refractivity contribution in [3.05, 3.63) is 30.3 Å². The van der Waals surface area contributed by atoms with Crippen LogP contribution in [0.3, 0.4) is 0 Å². The molecule has 1 aromatic carbocycles. The molecule has 1 aromatic rings. The molecular weight excluding hydrogens is 242 g/mol. The zero-order chi connectivity index (χ0) is 13.7. The summed E-state index contributed by atoms with van der Waals surface area (Å²) < 4.78 is 4.92. The van der Waals surface area contributed by atoms with Gasteiger partial charge in [-0.25, -0.2) is 0 Å². The molecule has 2 unspecified atom stereocenters. The van der Waals surface area contributed by atoms with E-state index in [1.165, 1.54) is 0 Å². The van der Waals surface area contributed by atoms with Gasteiger partial charge in [-0.15, -0.1) is 0 Å². The van der Waals surface area contributed by atoms with Crippen LogP contribution in [-0.4, -0.2) is 49.7 Å². The van der Waals surface area contributed by atoms with Gasteiger partial charge in [-0.05, 0) is 18.6 Å². The normalized spacial score (nSPS) is 20.3. The van der Waals surface area contributed by atoms with Crippen LogP contribution >= 0.6 is 0 Å². The third kappa shape index (κ3) is 3.68. The number of hydrogen-bond acceptors (Lipinski definition) is 4. The van der Waals surface area contributed by atoms with Crippen LogP contribution in [0, 0.1) is 0 Å². The molecular formula is C14H21N3O2. The van der Waals surface area contributed by atoms with Crippen LogP contribution in [0.5, 0.6) is 0 Å². The number of ether oxygens (including phenoxy) is 1. The SMILES string of the molecule is COCC(N)C(=O)N1CCC(Nc2ccccc2)C1. The number of carbonyl (C=O) groups is 1. The van der Waals surface area contributed by atoms with Crippen LogP contribution in [0.25, 0.3) is 0 Å². The molecule has 5 nitrogen and oxygen atoms in total. The van der Waals surface area contributed by atoms with Crippen molar-refractivity contribution in [1.82, 2.24) is 4.90 Å². The fourth-order valence-corrected chi connectivity index (χ4v) is 2.33. The van der Waals surface area contributed by atoms with Gasteiger partial charge in [-0.2, -0.15) is 0 Å². The Labute approximate surface area is 113 Å². The summed E-state index contributed by atoms with van der Waals surface area (Å²) in [6, 6.07) is 9.77. The van der Waals surface area contributed by atoms with E-state index in [-0.39, 0.29) is 12.5 Å². The maximum absolute atomic E-state index is 12.0. The molecule has 0 radical (unpaired) electrons.